The lowest BCUT2D eigenvalue weighted by molar-refractivity contribution is -0.140. The summed E-state index contributed by atoms with van der Waals surface area (Å²) in [6.07, 6.45) is 4.72. The Morgan fingerprint density at radius 1 is 1.58 bits per heavy atom. The van der Waals surface area contributed by atoms with E-state index in [1.807, 2.05) is 4.90 Å². The second kappa shape index (κ2) is 4.81. The number of morpholine rings is 1. The standard InChI is InChI=1S/C11H13N5O3/c17-9(18)5-8-6-15(3-4-19-8)10-11-14-13-7-16(11)2-1-12-10/h1-2,7-8H,3-6H2,(H,17,18). The third kappa shape index (κ3) is 2.34. The van der Waals surface area contributed by atoms with Gasteiger partial charge >= 0.3 is 5.97 Å². The number of hydrogen-bond acceptors (Lipinski definition) is 6. The van der Waals surface area contributed by atoms with Gasteiger partial charge in [0.1, 0.15) is 6.33 Å². The van der Waals surface area contributed by atoms with Crippen molar-refractivity contribution in [2.75, 3.05) is 24.6 Å². The number of hydrogen-bond donors (Lipinski definition) is 1. The van der Waals surface area contributed by atoms with Crippen molar-refractivity contribution in [3.8, 4) is 0 Å². The fourth-order valence-electron chi connectivity index (χ4n) is 2.20. The molecule has 1 atom stereocenters. The highest BCUT2D eigenvalue weighted by molar-refractivity contribution is 5.68. The molecular formula is C11H13N5O3. The van der Waals surface area contributed by atoms with Crippen LogP contribution in [0.1, 0.15) is 6.42 Å². The maximum absolute atomic E-state index is 10.7. The minimum absolute atomic E-state index is 0.00763. The zero-order valence-corrected chi connectivity index (χ0v) is 10.1. The molecule has 1 unspecified atom stereocenters. The first-order chi connectivity index (χ1) is 9.24. The fourth-order valence-corrected chi connectivity index (χ4v) is 2.20. The Hall–Kier alpha value is -2.22. The highest BCUT2D eigenvalue weighted by atomic mass is 16.5. The van der Waals surface area contributed by atoms with Gasteiger partial charge in [0.25, 0.3) is 0 Å². The second-order valence-corrected chi connectivity index (χ2v) is 4.35. The number of carboxylic acids is 1. The van der Waals surface area contributed by atoms with Gasteiger partial charge in [-0.15, -0.1) is 10.2 Å². The summed E-state index contributed by atoms with van der Waals surface area (Å²) in [5, 5.41) is 16.7. The van der Waals surface area contributed by atoms with E-state index in [-0.39, 0.29) is 12.5 Å². The van der Waals surface area contributed by atoms with E-state index in [4.69, 9.17) is 9.84 Å². The van der Waals surface area contributed by atoms with Crippen molar-refractivity contribution in [2.45, 2.75) is 12.5 Å². The number of aliphatic carboxylic acids is 1. The van der Waals surface area contributed by atoms with Crippen molar-refractivity contribution < 1.29 is 14.6 Å². The molecule has 1 saturated heterocycles. The average molecular weight is 263 g/mol. The first kappa shape index (κ1) is 11.8. The predicted octanol–water partition coefficient (Wildman–Crippen LogP) is -0.196. The number of carbonyl (C=O) groups is 1. The maximum Gasteiger partial charge on any atom is 0.306 e. The molecule has 0 aliphatic carbocycles. The van der Waals surface area contributed by atoms with Crippen LogP contribution in [0.4, 0.5) is 5.82 Å². The van der Waals surface area contributed by atoms with Crippen LogP contribution in [0.2, 0.25) is 0 Å². The molecule has 2 aromatic heterocycles. The number of anilines is 1. The molecule has 8 nitrogen and oxygen atoms in total. The highest BCUT2D eigenvalue weighted by Crippen LogP contribution is 2.20. The molecule has 2 aromatic rings. The lowest BCUT2D eigenvalue weighted by Crippen LogP contribution is -2.44. The minimum atomic E-state index is -0.861. The van der Waals surface area contributed by atoms with Gasteiger partial charge in [-0.25, -0.2) is 4.98 Å². The molecule has 1 aliphatic heterocycles. The highest BCUT2D eigenvalue weighted by Gasteiger charge is 2.25. The van der Waals surface area contributed by atoms with Crippen LogP contribution >= 0.6 is 0 Å². The summed E-state index contributed by atoms with van der Waals surface area (Å²) >= 11 is 0. The average Bonchev–Trinajstić information content (AvgIpc) is 2.86. The van der Waals surface area contributed by atoms with Crippen LogP contribution in [0.5, 0.6) is 0 Å². The molecule has 1 fully saturated rings. The van der Waals surface area contributed by atoms with Crippen LogP contribution in [0.15, 0.2) is 18.7 Å². The molecule has 0 amide bonds. The third-order valence-corrected chi connectivity index (χ3v) is 3.04. The van der Waals surface area contributed by atoms with E-state index < -0.39 is 5.97 Å². The smallest absolute Gasteiger partial charge is 0.306 e. The van der Waals surface area contributed by atoms with Crippen LogP contribution in [0, 0.1) is 0 Å². The number of aromatic nitrogens is 4. The van der Waals surface area contributed by atoms with Gasteiger partial charge in [0, 0.05) is 25.5 Å². The number of nitrogens with zero attached hydrogens (tertiary/aromatic N) is 5. The Morgan fingerprint density at radius 2 is 2.47 bits per heavy atom. The van der Waals surface area contributed by atoms with Gasteiger partial charge in [-0.2, -0.15) is 0 Å². The summed E-state index contributed by atoms with van der Waals surface area (Å²) in [5.74, 6) is -0.154. The quantitative estimate of drug-likeness (QED) is 0.819. The molecule has 19 heavy (non-hydrogen) atoms. The first-order valence-corrected chi connectivity index (χ1v) is 5.97. The van der Waals surface area contributed by atoms with Crippen molar-refractivity contribution in [1.82, 2.24) is 19.6 Å². The van der Waals surface area contributed by atoms with E-state index in [1.165, 1.54) is 0 Å². The Kier molecular flexibility index (Phi) is 3.00. The Balaban J connectivity index is 1.85. The Labute approximate surface area is 108 Å². The number of ether oxygens (including phenoxy) is 1. The fraction of sp³-hybridized carbons (Fsp3) is 0.455. The van der Waals surface area contributed by atoms with Crippen molar-refractivity contribution in [3.05, 3.63) is 18.7 Å². The van der Waals surface area contributed by atoms with Crippen LogP contribution < -0.4 is 4.90 Å². The van der Waals surface area contributed by atoms with Crippen LogP contribution in [-0.4, -0.2) is 56.5 Å². The lowest BCUT2D eigenvalue weighted by Gasteiger charge is -2.32. The van der Waals surface area contributed by atoms with E-state index in [9.17, 15) is 4.79 Å². The Morgan fingerprint density at radius 3 is 3.32 bits per heavy atom. The molecule has 0 bridgehead atoms. The van der Waals surface area contributed by atoms with E-state index >= 15 is 0 Å². The SMILES string of the molecule is O=C(O)CC1CN(c2nccn3cnnc23)CCO1. The van der Waals surface area contributed by atoms with E-state index in [0.29, 0.717) is 31.2 Å². The number of rotatable bonds is 3. The molecule has 3 rings (SSSR count). The van der Waals surface area contributed by atoms with Crippen LogP contribution in [-0.2, 0) is 9.53 Å². The molecule has 0 radical (unpaired) electrons. The molecule has 1 aliphatic rings. The van der Waals surface area contributed by atoms with Gasteiger partial charge in [0.15, 0.2) is 5.82 Å². The first-order valence-electron chi connectivity index (χ1n) is 5.97. The monoisotopic (exact) mass is 263 g/mol. The van der Waals surface area contributed by atoms with Crippen molar-refractivity contribution in [2.24, 2.45) is 0 Å². The van der Waals surface area contributed by atoms with E-state index in [1.54, 1.807) is 23.1 Å². The van der Waals surface area contributed by atoms with Gasteiger partial charge in [-0.1, -0.05) is 0 Å². The third-order valence-electron chi connectivity index (χ3n) is 3.04. The van der Waals surface area contributed by atoms with E-state index in [2.05, 4.69) is 15.2 Å². The summed E-state index contributed by atoms with van der Waals surface area (Å²) < 4.78 is 7.22. The zero-order chi connectivity index (χ0) is 13.2. The lowest BCUT2D eigenvalue weighted by atomic mass is 10.2. The number of carboxylic acid groups (broad SMARTS) is 1. The zero-order valence-electron chi connectivity index (χ0n) is 10.1. The molecule has 8 heteroatoms. The second-order valence-electron chi connectivity index (χ2n) is 4.35. The minimum Gasteiger partial charge on any atom is -0.481 e. The summed E-state index contributed by atoms with van der Waals surface area (Å²) in [6.45, 7) is 1.64. The normalized spacial score (nSPS) is 19.8. The van der Waals surface area contributed by atoms with Gasteiger partial charge in [-0.05, 0) is 0 Å². The van der Waals surface area contributed by atoms with Crippen LogP contribution in [0.25, 0.3) is 5.65 Å². The summed E-state index contributed by atoms with van der Waals surface area (Å²) in [4.78, 5) is 17.0. The molecule has 0 aromatic carbocycles. The van der Waals surface area contributed by atoms with Gasteiger partial charge < -0.3 is 14.7 Å². The molecule has 1 N–H and O–H groups in total. The maximum atomic E-state index is 10.7. The van der Waals surface area contributed by atoms with Crippen molar-refractivity contribution in [3.63, 3.8) is 0 Å². The van der Waals surface area contributed by atoms with Gasteiger partial charge in [0.05, 0.1) is 19.1 Å². The molecule has 3 heterocycles. The summed E-state index contributed by atoms with van der Waals surface area (Å²) in [7, 11) is 0. The number of fused-ring (bicyclic) bond motifs is 1. The molecule has 100 valence electrons. The predicted molar refractivity (Wildman–Crippen MR) is 65.0 cm³/mol. The topological polar surface area (TPSA) is 92.9 Å². The summed E-state index contributed by atoms with van der Waals surface area (Å²) in [6, 6.07) is 0. The van der Waals surface area contributed by atoms with Gasteiger partial charge in [-0.3, -0.25) is 9.20 Å². The van der Waals surface area contributed by atoms with Crippen LogP contribution in [0.3, 0.4) is 0 Å². The van der Waals surface area contributed by atoms with Crippen molar-refractivity contribution >= 4 is 17.4 Å². The summed E-state index contributed by atoms with van der Waals surface area (Å²) in [5.41, 5.74) is 0.665. The Bertz CT molecular complexity index is 599. The molecule has 0 saturated carbocycles. The molecular weight excluding hydrogens is 250 g/mol. The molecule has 0 spiro atoms. The van der Waals surface area contributed by atoms with E-state index in [0.717, 1.165) is 0 Å². The van der Waals surface area contributed by atoms with Gasteiger partial charge in [0.2, 0.25) is 5.65 Å². The van der Waals surface area contributed by atoms with Crippen molar-refractivity contribution in [1.29, 1.82) is 0 Å². The largest absolute Gasteiger partial charge is 0.481 e.